The van der Waals surface area contributed by atoms with Crippen LogP contribution in [0, 0.1) is 0 Å². The molecule has 0 heterocycles. The number of aryl methyl sites for hydroxylation is 1. The molecule has 1 N–H and O–H groups in total. The quantitative estimate of drug-likeness (QED) is 0.833. The van der Waals surface area contributed by atoms with Crippen LogP contribution >= 0.6 is 0 Å². The Balaban J connectivity index is 3.41. The molecule has 0 bridgehead atoms. The minimum absolute atomic E-state index is 0.0314. The fourth-order valence-electron chi connectivity index (χ4n) is 2.25. The number of benzene rings is 1. The van der Waals surface area contributed by atoms with Gasteiger partial charge in [-0.3, -0.25) is 4.79 Å². The monoisotopic (exact) mass is 282 g/mol. The molecule has 0 aliphatic carbocycles. The van der Waals surface area contributed by atoms with Crippen LogP contribution in [0.4, 0.5) is 0 Å². The van der Waals surface area contributed by atoms with Crippen LogP contribution in [-0.4, -0.2) is 32.4 Å². The van der Waals surface area contributed by atoms with Gasteiger partial charge in [0.25, 0.3) is 0 Å². The summed E-state index contributed by atoms with van der Waals surface area (Å²) in [4.78, 5) is 10.8. The zero-order valence-corrected chi connectivity index (χ0v) is 12.6. The lowest BCUT2D eigenvalue weighted by Crippen LogP contribution is -2.06. The molecule has 1 aromatic rings. The van der Waals surface area contributed by atoms with Crippen molar-refractivity contribution in [3.05, 3.63) is 17.2 Å². The molecule has 0 aromatic heterocycles. The molecule has 0 aliphatic rings. The molecule has 0 amide bonds. The fourth-order valence-corrected chi connectivity index (χ4v) is 2.25. The highest BCUT2D eigenvalue weighted by molar-refractivity contribution is 5.68. The van der Waals surface area contributed by atoms with E-state index in [-0.39, 0.29) is 12.3 Å². The third-order valence-corrected chi connectivity index (χ3v) is 3.13. The van der Waals surface area contributed by atoms with Gasteiger partial charge in [-0.1, -0.05) is 13.8 Å². The first-order valence-corrected chi connectivity index (χ1v) is 6.49. The number of hydrogen-bond acceptors (Lipinski definition) is 4. The molecule has 20 heavy (non-hydrogen) atoms. The lowest BCUT2D eigenvalue weighted by Gasteiger charge is -2.21. The fraction of sp³-hybridized carbons (Fsp3) is 0.533. The van der Waals surface area contributed by atoms with Gasteiger partial charge in [0.05, 0.1) is 21.3 Å². The van der Waals surface area contributed by atoms with E-state index in [4.69, 9.17) is 19.3 Å². The average Bonchev–Trinajstić information content (AvgIpc) is 2.42. The summed E-state index contributed by atoms with van der Waals surface area (Å²) in [6.07, 6.45) is 0.396. The Labute approximate surface area is 119 Å². The first-order valence-electron chi connectivity index (χ1n) is 6.49. The third kappa shape index (κ3) is 3.35. The number of carboxylic acid groups (broad SMARTS) is 1. The summed E-state index contributed by atoms with van der Waals surface area (Å²) in [5, 5.41) is 8.83. The first kappa shape index (κ1) is 16.1. The van der Waals surface area contributed by atoms with E-state index in [1.54, 1.807) is 21.3 Å². The highest BCUT2D eigenvalue weighted by Crippen LogP contribution is 2.44. The molecule has 0 spiro atoms. The van der Waals surface area contributed by atoms with Crippen LogP contribution in [0.5, 0.6) is 17.2 Å². The molecule has 0 saturated carbocycles. The van der Waals surface area contributed by atoms with Gasteiger partial charge in [-0.2, -0.15) is 0 Å². The van der Waals surface area contributed by atoms with Crippen molar-refractivity contribution in [1.29, 1.82) is 0 Å². The van der Waals surface area contributed by atoms with Crippen LogP contribution in [-0.2, 0) is 11.2 Å². The summed E-state index contributed by atoms with van der Waals surface area (Å²) < 4.78 is 16.3. The Morgan fingerprint density at radius 1 is 1.15 bits per heavy atom. The number of rotatable bonds is 7. The number of methoxy groups -OCH3 is 3. The summed E-state index contributed by atoms with van der Waals surface area (Å²) >= 11 is 0. The van der Waals surface area contributed by atoms with Gasteiger partial charge in [-0.25, -0.2) is 0 Å². The van der Waals surface area contributed by atoms with E-state index in [2.05, 4.69) is 0 Å². The smallest absolute Gasteiger partial charge is 0.303 e. The molecule has 1 rings (SSSR count). The molecule has 0 saturated heterocycles. The van der Waals surface area contributed by atoms with E-state index in [1.165, 1.54) is 0 Å². The van der Waals surface area contributed by atoms with Crippen LogP contribution in [0.25, 0.3) is 0 Å². The summed E-state index contributed by atoms with van der Waals surface area (Å²) in [7, 11) is 4.72. The summed E-state index contributed by atoms with van der Waals surface area (Å²) in [5.41, 5.74) is 1.69. The first-order chi connectivity index (χ1) is 9.46. The molecule has 0 unspecified atom stereocenters. The maximum Gasteiger partial charge on any atom is 0.303 e. The molecular formula is C15H22O5. The second-order valence-electron chi connectivity index (χ2n) is 4.77. The van der Waals surface area contributed by atoms with Crippen molar-refractivity contribution in [3.63, 3.8) is 0 Å². The predicted octanol–water partition coefficient (Wildman–Crippen LogP) is 2.85. The Morgan fingerprint density at radius 2 is 1.75 bits per heavy atom. The number of carboxylic acids is 1. The second kappa shape index (κ2) is 7.03. The van der Waals surface area contributed by atoms with Crippen molar-refractivity contribution in [2.45, 2.75) is 32.6 Å². The van der Waals surface area contributed by atoms with Crippen LogP contribution in [0.15, 0.2) is 6.07 Å². The zero-order chi connectivity index (χ0) is 15.3. The van der Waals surface area contributed by atoms with Gasteiger partial charge >= 0.3 is 5.97 Å². The lowest BCUT2D eigenvalue weighted by molar-refractivity contribution is -0.136. The van der Waals surface area contributed by atoms with E-state index in [0.717, 1.165) is 11.1 Å². The van der Waals surface area contributed by atoms with Gasteiger partial charge in [0.2, 0.25) is 0 Å². The van der Waals surface area contributed by atoms with Gasteiger partial charge in [0.1, 0.15) is 5.75 Å². The van der Waals surface area contributed by atoms with Gasteiger partial charge in [0, 0.05) is 17.5 Å². The summed E-state index contributed by atoms with van der Waals surface area (Å²) in [6.45, 7) is 4.08. The van der Waals surface area contributed by atoms with Crippen LogP contribution in [0.3, 0.4) is 0 Å². The Hall–Kier alpha value is -1.91. The molecule has 0 aliphatic heterocycles. The molecule has 1 aromatic carbocycles. The highest BCUT2D eigenvalue weighted by atomic mass is 16.5. The molecule has 5 heteroatoms. The topological polar surface area (TPSA) is 65.0 Å². The average molecular weight is 282 g/mol. The van der Waals surface area contributed by atoms with E-state index in [9.17, 15) is 4.79 Å². The zero-order valence-electron chi connectivity index (χ0n) is 12.6. The van der Waals surface area contributed by atoms with Crippen molar-refractivity contribution in [2.24, 2.45) is 0 Å². The lowest BCUT2D eigenvalue weighted by atomic mass is 9.96. The highest BCUT2D eigenvalue weighted by Gasteiger charge is 2.22. The summed E-state index contributed by atoms with van der Waals surface area (Å²) in [6, 6.07) is 1.83. The van der Waals surface area contributed by atoms with Crippen LogP contribution in [0.2, 0.25) is 0 Å². The van der Waals surface area contributed by atoms with E-state index in [1.807, 2.05) is 19.9 Å². The molecule has 112 valence electrons. The molecule has 0 atom stereocenters. The van der Waals surface area contributed by atoms with Crippen molar-refractivity contribution < 1.29 is 24.1 Å². The van der Waals surface area contributed by atoms with Crippen molar-refractivity contribution in [1.82, 2.24) is 0 Å². The van der Waals surface area contributed by atoms with Gasteiger partial charge < -0.3 is 19.3 Å². The van der Waals surface area contributed by atoms with Crippen LogP contribution < -0.4 is 14.2 Å². The Kier molecular flexibility index (Phi) is 5.67. The van der Waals surface area contributed by atoms with Crippen molar-refractivity contribution >= 4 is 5.97 Å². The van der Waals surface area contributed by atoms with Crippen molar-refractivity contribution in [2.75, 3.05) is 21.3 Å². The van der Waals surface area contributed by atoms with E-state index < -0.39 is 5.97 Å². The molecule has 0 radical (unpaired) electrons. The maximum absolute atomic E-state index is 10.8. The number of aliphatic carboxylic acids is 1. The van der Waals surface area contributed by atoms with E-state index >= 15 is 0 Å². The predicted molar refractivity (Wildman–Crippen MR) is 76.1 cm³/mol. The van der Waals surface area contributed by atoms with Crippen LogP contribution in [0.1, 0.15) is 37.3 Å². The molecule has 5 nitrogen and oxygen atoms in total. The Bertz CT molecular complexity index is 480. The SMILES string of the molecule is COc1cc(CCC(=O)O)c(OC)c(OC)c1C(C)C. The minimum Gasteiger partial charge on any atom is -0.496 e. The molecule has 0 fully saturated rings. The normalized spacial score (nSPS) is 10.5. The summed E-state index contributed by atoms with van der Waals surface area (Å²) in [5.74, 6) is 1.23. The van der Waals surface area contributed by atoms with Gasteiger partial charge in [-0.05, 0) is 18.4 Å². The minimum atomic E-state index is -0.849. The molecular weight excluding hydrogens is 260 g/mol. The second-order valence-corrected chi connectivity index (χ2v) is 4.77. The van der Waals surface area contributed by atoms with Gasteiger partial charge in [-0.15, -0.1) is 0 Å². The third-order valence-electron chi connectivity index (χ3n) is 3.13. The number of hydrogen-bond donors (Lipinski definition) is 1. The Morgan fingerprint density at radius 3 is 2.15 bits per heavy atom. The maximum atomic E-state index is 10.8. The number of ether oxygens (including phenoxy) is 3. The van der Waals surface area contributed by atoms with Gasteiger partial charge in [0.15, 0.2) is 11.5 Å². The van der Waals surface area contributed by atoms with E-state index in [0.29, 0.717) is 23.7 Å². The standard InChI is InChI=1S/C15H22O5/c1-9(2)13-11(18-3)8-10(6-7-12(16)17)14(19-4)15(13)20-5/h8-9H,6-7H2,1-5H3,(H,16,17). The number of carbonyl (C=O) groups is 1. The van der Waals surface area contributed by atoms with Crippen molar-refractivity contribution in [3.8, 4) is 17.2 Å². The largest absolute Gasteiger partial charge is 0.496 e.